The number of methoxy groups -OCH3 is 2. The maximum absolute atomic E-state index is 12.5. The molecule has 0 N–H and O–H groups in total. The lowest BCUT2D eigenvalue weighted by molar-refractivity contribution is 0.0592. The molecule has 6 heteroatoms. The van der Waals surface area contributed by atoms with Crippen LogP contribution >= 0.6 is 0 Å². The highest BCUT2D eigenvalue weighted by Gasteiger charge is 2.18. The molecule has 0 aliphatic rings. The number of ether oxygens (including phenoxy) is 2. The van der Waals surface area contributed by atoms with E-state index in [9.17, 15) is 13.6 Å². The van der Waals surface area contributed by atoms with Gasteiger partial charge in [0.15, 0.2) is 0 Å². The number of carbonyl (C=O) groups is 1. The number of nitrogens with zero attached hydrogens (tertiary/aromatic N) is 1. The van der Waals surface area contributed by atoms with Crippen molar-refractivity contribution in [2.45, 2.75) is 6.43 Å². The van der Waals surface area contributed by atoms with Crippen molar-refractivity contribution < 1.29 is 23.0 Å². The van der Waals surface area contributed by atoms with Gasteiger partial charge in [-0.25, -0.2) is 18.6 Å². The highest BCUT2D eigenvalue weighted by Crippen LogP contribution is 2.26. The molecular weight excluding hydrogens is 208 g/mol. The van der Waals surface area contributed by atoms with E-state index in [1.807, 2.05) is 0 Å². The van der Waals surface area contributed by atoms with Crippen LogP contribution in [0, 0.1) is 0 Å². The van der Waals surface area contributed by atoms with E-state index in [-0.39, 0.29) is 11.4 Å². The second kappa shape index (κ2) is 4.68. The molecule has 0 fully saturated rings. The zero-order valence-corrected chi connectivity index (χ0v) is 8.16. The van der Waals surface area contributed by atoms with Crippen LogP contribution in [0.25, 0.3) is 0 Å². The molecule has 0 radical (unpaired) electrons. The number of carbonyl (C=O) groups excluding carboxylic acids is 1. The Morgan fingerprint density at radius 1 is 1.40 bits per heavy atom. The molecule has 4 nitrogen and oxygen atoms in total. The molecule has 0 saturated carbocycles. The van der Waals surface area contributed by atoms with E-state index in [1.54, 1.807) is 0 Å². The monoisotopic (exact) mass is 217 g/mol. The molecule has 0 bridgehead atoms. The van der Waals surface area contributed by atoms with Crippen molar-refractivity contribution in [1.29, 1.82) is 0 Å². The van der Waals surface area contributed by atoms with Crippen molar-refractivity contribution in [1.82, 2.24) is 4.98 Å². The average molecular weight is 217 g/mol. The highest BCUT2D eigenvalue weighted by atomic mass is 19.3. The highest BCUT2D eigenvalue weighted by molar-refractivity contribution is 5.87. The summed E-state index contributed by atoms with van der Waals surface area (Å²) >= 11 is 0. The molecule has 0 atom stereocenters. The van der Waals surface area contributed by atoms with Gasteiger partial charge in [0, 0.05) is 0 Å². The number of halogens is 2. The summed E-state index contributed by atoms with van der Waals surface area (Å²) in [5.74, 6) is -0.822. The number of rotatable bonds is 3. The third kappa shape index (κ3) is 2.39. The number of hydrogen-bond donors (Lipinski definition) is 0. The molecule has 0 saturated heterocycles. The van der Waals surface area contributed by atoms with E-state index in [1.165, 1.54) is 19.2 Å². The first-order valence-corrected chi connectivity index (χ1v) is 4.01. The molecule has 0 aliphatic carbocycles. The first-order chi connectivity index (χ1) is 7.10. The van der Waals surface area contributed by atoms with E-state index in [2.05, 4.69) is 14.5 Å². The number of pyridine rings is 1. The van der Waals surface area contributed by atoms with Gasteiger partial charge in [-0.05, 0) is 12.1 Å². The van der Waals surface area contributed by atoms with Crippen LogP contribution in [-0.4, -0.2) is 25.2 Å². The lowest BCUT2D eigenvalue weighted by Gasteiger charge is -2.07. The summed E-state index contributed by atoms with van der Waals surface area (Å²) in [5, 5.41) is 0. The Hall–Kier alpha value is -1.72. The number of alkyl halides is 2. The van der Waals surface area contributed by atoms with Crippen molar-refractivity contribution in [3.05, 3.63) is 23.5 Å². The molecule has 0 aliphatic heterocycles. The predicted molar refractivity (Wildman–Crippen MR) is 47.1 cm³/mol. The molecule has 0 amide bonds. The Labute approximate surface area is 84.8 Å². The van der Waals surface area contributed by atoms with Gasteiger partial charge < -0.3 is 9.47 Å². The third-order valence-corrected chi connectivity index (χ3v) is 1.71. The van der Waals surface area contributed by atoms with E-state index in [0.717, 1.165) is 7.11 Å². The number of aromatic nitrogens is 1. The zero-order valence-electron chi connectivity index (χ0n) is 8.16. The minimum atomic E-state index is -2.80. The van der Waals surface area contributed by atoms with Crippen LogP contribution < -0.4 is 4.74 Å². The standard InChI is InChI=1S/C9H9F2NO3/c1-14-6-4-3-5(9(13)15-2)12-7(6)8(10)11/h3-4,8H,1-2H3. The van der Waals surface area contributed by atoms with Gasteiger partial charge >= 0.3 is 5.97 Å². The van der Waals surface area contributed by atoms with Crippen molar-refractivity contribution in [3.63, 3.8) is 0 Å². The average Bonchev–Trinajstić information content (AvgIpc) is 2.27. The summed E-state index contributed by atoms with van der Waals surface area (Å²) in [6, 6.07) is 2.51. The van der Waals surface area contributed by atoms with Crippen molar-refractivity contribution in [3.8, 4) is 5.75 Å². The van der Waals surface area contributed by atoms with Gasteiger partial charge in [0.2, 0.25) is 0 Å². The van der Waals surface area contributed by atoms with Crippen LogP contribution in [0.4, 0.5) is 8.78 Å². The maximum Gasteiger partial charge on any atom is 0.356 e. The Balaban J connectivity index is 3.16. The molecule has 1 heterocycles. The summed E-state index contributed by atoms with van der Waals surface area (Å²) in [4.78, 5) is 14.5. The van der Waals surface area contributed by atoms with E-state index in [4.69, 9.17) is 0 Å². The van der Waals surface area contributed by atoms with Crippen LogP contribution in [-0.2, 0) is 4.74 Å². The smallest absolute Gasteiger partial charge is 0.356 e. The fourth-order valence-corrected chi connectivity index (χ4v) is 1.01. The van der Waals surface area contributed by atoms with Crippen LogP contribution in [0.3, 0.4) is 0 Å². The second-order valence-electron chi connectivity index (χ2n) is 2.58. The molecule has 1 aromatic heterocycles. The summed E-state index contributed by atoms with van der Waals surface area (Å²) in [6.07, 6.45) is -2.80. The minimum absolute atomic E-state index is 0.0577. The van der Waals surface area contributed by atoms with Crippen LogP contribution in [0.15, 0.2) is 12.1 Å². The fourth-order valence-electron chi connectivity index (χ4n) is 1.01. The van der Waals surface area contributed by atoms with Gasteiger partial charge in [-0.2, -0.15) is 0 Å². The lowest BCUT2D eigenvalue weighted by Crippen LogP contribution is -2.07. The lowest BCUT2D eigenvalue weighted by atomic mass is 10.3. The molecular formula is C9H9F2NO3. The largest absolute Gasteiger partial charge is 0.495 e. The van der Waals surface area contributed by atoms with E-state index < -0.39 is 18.1 Å². The second-order valence-corrected chi connectivity index (χ2v) is 2.58. The number of esters is 1. The molecule has 0 spiro atoms. The maximum atomic E-state index is 12.5. The normalized spacial score (nSPS) is 10.2. The third-order valence-electron chi connectivity index (χ3n) is 1.71. The van der Waals surface area contributed by atoms with Crippen molar-refractivity contribution in [2.24, 2.45) is 0 Å². The van der Waals surface area contributed by atoms with E-state index >= 15 is 0 Å². The molecule has 15 heavy (non-hydrogen) atoms. The molecule has 0 aromatic carbocycles. The number of hydrogen-bond acceptors (Lipinski definition) is 4. The molecule has 0 unspecified atom stereocenters. The van der Waals surface area contributed by atoms with Gasteiger partial charge in [-0.15, -0.1) is 0 Å². The van der Waals surface area contributed by atoms with Gasteiger partial charge in [0.1, 0.15) is 17.1 Å². The van der Waals surface area contributed by atoms with Crippen molar-refractivity contribution >= 4 is 5.97 Å². The first-order valence-electron chi connectivity index (χ1n) is 4.01. The Kier molecular flexibility index (Phi) is 3.54. The molecule has 1 aromatic rings. The molecule has 1 rings (SSSR count). The SMILES string of the molecule is COC(=O)c1ccc(OC)c(C(F)F)n1. The Bertz CT molecular complexity index is 368. The topological polar surface area (TPSA) is 48.4 Å². The van der Waals surface area contributed by atoms with Crippen LogP contribution in [0.5, 0.6) is 5.75 Å². The first kappa shape index (κ1) is 11.4. The van der Waals surface area contributed by atoms with Crippen molar-refractivity contribution in [2.75, 3.05) is 14.2 Å². The summed E-state index contributed by atoms with van der Waals surface area (Å²) in [5.41, 5.74) is -0.742. The Morgan fingerprint density at radius 2 is 2.07 bits per heavy atom. The van der Waals surface area contributed by atoms with Crippen LogP contribution in [0.2, 0.25) is 0 Å². The summed E-state index contributed by atoms with van der Waals surface area (Å²) in [6.45, 7) is 0. The molecule has 82 valence electrons. The van der Waals surface area contributed by atoms with E-state index in [0.29, 0.717) is 0 Å². The minimum Gasteiger partial charge on any atom is -0.495 e. The van der Waals surface area contributed by atoms with Gasteiger partial charge in [-0.1, -0.05) is 0 Å². The van der Waals surface area contributed by atoms with Crippen LogP contribution in [0.1, 0.15) is 22.6 Å². The summed E-state index contributed by atoms with van der Waals surface area (Å²) < 4.78 is 34.0. The Morgan fingerprint density at radius 3 is 2.53 bits per heavy atom. The quantitative estimate of drug-likeness (QED) is 0.724. The predicted octanol–water partition coefficient (Wildman–Crippen LogP) is 1.81. The van der Waals surface area contributed by atoms with Gasteiger partial charge in [0.25, 0.3) is 6.43 Å². The summed E-state index contributed by atoms with van der Waals surface area (Å²) in [7, 11) is 2.40. The van der Waals surface area contributed by atoms with Gasteiger partial charge in [-0.3, -0.25) is 0 Å². The zero-order chi connectivity index (χ0) is 11.4. The fraction of sp³-hybridized carbons (Fsp3) is 0.333. The van der Waals surface area contributed by atoms with Gasteiger partial charge in [0.05, 0.1) is 14.2 Å².